The lowest BCUT2D eigenvalue weighted by atomic mass is 10.2. The third-order valence-corrected chi connectivity index (χ3v) is 3.59. The van der Waals surface area contributed by atoms with Crippen molar-refractivity contribution in [2.45, 2.75) is 13.8 Å². The fraction of sp³-hybridized carbons (Fsp3) is 0.118. The zero-order chi connectivity index (χ0) is 16.4. The number of oxime groups is 1. The second-order valence-corrected chi connectivity index (χ2v) is 5.30. The summed E-state index contributed by atoms with van der Waals surface area (Å²) >= 11 is 0. The van der Waals surface area contributed by atoms with Crippen molar-refractivity contribution in [1.82, 2.24) is 9.38 Å². The number of pyridine rings is 1. The summed E-state index contributed by atoms with van der Waals surface area (Å²) in [5.74, 6) is 0.353. The number of rotatable bonds is 3. The smallest absolute Gasteiger partial charge is 0.269 e. The maximum Gasteiger partial charge on any atom is 0.269 e. The number of hydrogen-bond donors (Lipinski definition) is 2. The Labute approximate surface area is 132 Å². The van der Waals surface area contributed by atoms with E-state index in [1.807, 2.05) is 44.2 Å². The van der Waals surface area contributed by atoms with Gasteiger partial charge in [0, 0.05) is 11.9 Å². The molecule has 6 heteroatoms. The van der Waals surface area contributed by atoms with Crippen LogP contribution >= 0.6 is 0 Å². The van der Waals surface area contributed by atoms with Gasteiger partial charge in [0.2, 0.25) is 0 Å². The number of nitrogens with zero attached hydrogens (tertiary/aromatic N) is 3. The van der Waals surface area contributed by atoms with Crippen molar-refractivity contribution in [3.63, 3.8) is 0 Å². The molecule has 0 saturated carbocycles. The highest BCUT2D eigenvalue weighted by molar-refractivity contribution is 5.87. The lowest BCUT2D eigenvalue weighted by molar-refractivity contribution is 0.322. The number of fused-ring (bicyclic) bond motifs is 1. The topological polar surface area (TPSA) is 79.0 Å². The molecule has 3 aromatic rings. The number of nitrogens with one attached hydrogen (secondary N) is 1. The third kappa shape index (κ3) is 2.78. The van der Waals surface area contributed by atoms with Gasteiger partial charge in [0.1, 0.15) is 17.0 Å². The quantitative estimate of drug-likeness (QED) is 0.443. The molecule has 116 valence electrons. The Hall–Kier alpha value is -3.15. The number of anilines is 2. The van der Waals surface area contributed by atoms with E-state index in [0.29, 0.717) is 11.5 Å². The summed E-state index contributed by atoms with van der Waals surface area (Å²) in [4.78, 5) is 17.1. The van der Waals surface area contributed by atoms with Crippen LogP contribution in [0.2, 0.25) is 0 Å². The van der Waals surface area contributed by atoms with E-state index >= 15 is 0 Å². The Morgan fingerprint density at radius 2 is 1.96 bits per heavy atom. The van der Waals surface area contributed by atoms with Crippen molar-refractivity contribution in [3.05, 3.63) is 69.6 Å². The van der Waals surface area contributed by atoms with Gasteiger partial charge in [0.15, 0.2) is 0 Å². The molecule has 2 N–H and O–H groups in total. The molecule has 2 heterocycles. The number of aromatic nitrogens is 2. The molecule has 0 radical (unpaired) electrons. The molecule has 6 nitrogen and oxygen atoms in total. The largest absolute Gasteiger partial charge is 0.411 e. The molecule has 0 aliphatic heterocycles. The molecule has 0 saturated heterocycles. The van der Waals surface area contributed by atoms with Gasteiger partial charge in [-0.15, -0.1) is 0 Å². The fourth-order valence-corrected chi connectivity index (χ4v) is 2.35. The van der Waals surface area contributed by atoms with Crippen molar-refractivity contribution in [2.24, 2.45) is 5.16 Å². The molecule has 0 aliphatic rings. The molecular formula is C17H16N4O2. The first-order valence-corrected chi connectivity index (χ1v) is 7.13. The van der Waals surface area contributed by atoms with E-state index in [4.69, 9.17) is 5.21 Å². The maximum atomic E-state index is 12.6. The summed E-state index contributed by atoms with van der Waals surface area (Å²) in [6, 6.07) is 11.4. The highest BCUT2D eigenvalue weighted by atomic mass is 16.4. The van der Waals surface area contributed by atoms with E-state index < -0.39 is 0 Å². The van der Waals surface area contributed by atoms with Crippen LogP contribution in [0.1, 0.15) is 16.7 Å². The number of benzene rings is 1. The molecule has 23 heavy (non-hydrogen) atoms. The second-order valence-electron chi connectivity index (χ2n) is 5.30. The first-order chi connectivity index (χ1) is 11.1. The van der Waals surface area contributed by atoms with Gasteiger partial charge in [0.05, 0.1) is 6.21 Å². The molecule has 2 aromatic heterocycles. The van der Waals surface area contributed by atoms with Crippen LogP contribution < -0.4 is 10.9 Å². The van der Waals surface area contributed by atoms with Crippen molar-refractivity contribution >= 4 is 23.4 Å². The van der Waals surface area contributed by atoms with Crippen LogP contribution in [0, 0.1) is 13.8 Å². The zero-order valence-corrected chi connectivity index (χ0v) is 12.8. The normalized spacial score (nSPS) is 11.2. The Morgan fingerprint density at radius 3 is 2.65 bits per heavy atom. The van der Waals surface area contributed by atoms with Crippen molar-refractivity contribution in [1.29, 1.82) is 0 Å². The average molecular weight is 308 g/mol. The highest BCUT2D eigenvalue weighted by Gasteiger charge is 2.13. The minimum absolute atomic E-state index is 0.191. The summed E-state index contributed by atoms with van der Waals surface area (Å²) in [5, 5.41) is 15.0. The van der Waals surface area contributed by atoms with Crippen LogP contribution in [-0.2, 0) is 0 Å². The van der Waals surface area contributed by atoms with Crippen molar-refractivity contribution in [3.8, 4) is 0 Å². The zero-order valence-electron chi connectivity index (χ0n) is 12.8. The lowest BCUT2D eigenvalue weighted by Gasteiger charge is -2.11. The van der Waals surface area contributed by atoms with Gasteiger partial charge in [-0.25, -0.2) is 4.98 Å². The van der Waals surface area contributed by atoms with E-state index in [2.05, 4.69) is 15.5 Å². The lowest BCUT2D eigenvalue weighted by Crippen LogP contribution is -2.22. The molecule has 0 fully saturated rings. The van der Waals surface area contributed by atoms with Gasteiger partial charge in [-0.2, -0.15) is 0 Å². The maximum absolute atomic E-state index is 12.6. The van der Waals surface area contributed by atoms with Gasteiger partial charge < -0.3 is 10.5 Å². The van der Waals surface area contributed by atoms with E-state index in [1.165, 1.54) is 4.40 Å². The third-order valence-electron chi connectivity index (χ3n) is 3.59. The molecule has 0 amide bonds. The van der Waals surface area contributed by atoms with Gasteiger partial charge in [-0.3, -0.25) is 9.20 Å². The molecule has 0 spiro atoms. The Kier molecular flexibility index (Phi) is 3.80. The van der Waals surface area contributed by atoms with Gasteiger partial charge in [-0.1, -0.05) is 28.9 Å². The second kappa shape index (κ2) is 5.92. The number of hydrogen-bond acceptors (Lipinski definition) is 5. The molecular weight excluding hydrogens is 292 g/mol. The Morgan fingerprint density at radius 1 is 1.22 bits per heavy atom. The first-order valence-electron chi connectivity index (χ1n) is 7.13. The molecule has 0 unspecified atom stereocenters. The molecule has 0 aliphatic carbocycles. The molecule has 3 rings (SSSR count). The van der Waals surface area contributed by atoms with Crippen LogP contribution in [-0.4, -0.2) is 20.8 Å². The fourth-order valence-electron chi connectivity index (χ4n) is 2.35. The van der Waals surface area contributed by atoms with Crippen LogP contribution in [0.5, 0.6) is 0 Å². The molecule has 0 bridgehead atoms. The van der Waals surface area contributed by atoms with E-state index in [-0.39, 0.29) is 11.1 Å². The summed E-state index contributed by atoms with van der Waals surface area (Å²) in [7, 11) is 0. The Balaban J connectivity index is 2.21. The van der Waals surface area contributed by atoms with Crippen LogP contribution in [0.25, 0.3) is 5.65 Å². The Bertz CT molecular complexity index is 943. The van der Waals surface area contributed by atoms with E-state index in [1.54, 1.807) is 12.3 Å². The predicted molar refractivity (Wildman–Crippen MR) is 90.0 cm³/mol. The van der Waals surface area contributed by atoms with Crippen LogP contribution in [0.4, 0.5) is 11.5 Å². The SMILES string of the molecule is Cc1ccc(Nc2nc3c(C)cccn3c(=O)c2C=NO)cc1. The summed E-state index contributed by atoms with van der Waals surface area (Å²) in [6.07, 6.45) is 2.74. The molecule has 0 atom stereocenters. The minimum atomic E-state index is -0.300. The van der Waals surface area contributed by atoms with Crippen molar-refractivity contribution < 1.29 is 5.21 Å². The van der Waals surface area contributed by atoms with Crippen LogP contribution in [0.15, 0.2) is 52.5 Å². The highest BCUT2D eigenvalue weighted by Crippen LogP contribution is 2.18. The predicted octanol–water partition coefficient (Wildman–Crippen LogP) is 2.86. The van der Waals surface area contributed by atoms with Gasteiger partial charge in [0.25, 0.3) is 5.56 Å². The van der Waals surface area contributed by atoms with E-state index in [0.717, 1.165) is 23.0 Å². The van der Waals surface area contributed by atoms with Gasteiger partial charge >= 0.3 is 0 Å². The van der Waals surface area contributed by atoms with Crippen LogP contribution in [0.3, 0.4) is 0 Å². The number of aryl methyl sites for hydroxylation is 2. The standard InChI is InChI=1S/C17H16N4O2/c1-11-5-7-13(8-6-11)19-15-14(10-18-23)17(22)21-9-3-4-12(2)16(21)20-15/h3-10,19,23H,1-2H3. The summed E-state index contributed by atoms with van der Waals surface area (Å²) in [5.41, 5.74) is 3.26. The summed E-state index contributed by atoms with van der Waals surface area (Å²) < 4.78 is 1.44. The monoisotopic (exact) mass is 308 g/mol. The van der Waals surface area contributed by atoms with Crippen molar-refractivity contribution in [2.75, 3.05) is 5.32 Å². The summed E-state index contributed by atoms with van der Waals surface area (Å²) in [6.45, 7) is 3.88. The minimum Gasteiger partial charge on any atom is -0.411 e. The molecule has 1 aromatic carbocycles. The van der Waals surface area contributed by atoms with E-state index in [9.17, 15) is 4.79 Å². The average Bonchev–Trinajstić information content (AvgIpc) is 2.54. The first kappa shape index (κ1) is 14.8. The van der Waals surface area contributed by atoms with Gasteiger partial charge in [-0.05, 0) is 37.6 Å².